The maximum absolute atomic E-state index is 13.5. The Balaban J connectivity index is 0.000000284. The van der Waals surface area contributed by atoms with Crippen molar-refractivity contribution in [3.8, 4) is 16.9 Å². The molecule has 13 rings (SSSR count). The number of benzene rings is 6. The third kappa shape index (κ3) is 35.7. The van der Waals surface area contributed by atoms with Crippen molar-refractivity contribution in [2.45, 2.75) is 164 Å². The quantitative estimate of drug-likeness (QED) is 0.00704. The molecule has 3 saturated heterocycles. The molecule has 133 heavy (non-hydrogen) atoms. The molecule has 718 valence electrons. The zero-order valence-corrected chi connectivity index (χ0v) is 77.3. The zero-order valence-electron chi connectivity index (χ0n) is 72.7. The standard InChI is InChI=1S/C24H26FNO4.C22H28N2O.C17H18F3NO.C10H13FN5O7P.C6H8O7.C4H4FN3O.C3H7O4P.ClH.Na/c1-15(2)26-21-6-4-3-5-20(21)24(16-7-9-17(25)10-8-16)22(26)12-11-18(27)13-19(28)14-23(29)30;1-2-22(25)24(20-11-7-4-8-12-20)21-14-17-23(18-15-21)16-13-19-9-5-3-6-10-19;1-21-12-11-16(13-5-3-2-4-6-13)22-15-9-7-14(8-10-15)17(18,19)20;11-10-14-7(12)4-8(15-10)16(2-13-4)9-6(18)5(17)3(23-9)1-22-24(19,20)21;7-3(8)1-6(13,5(11)12)2-4(9)10;5-2-1-7-4(9)8-3(2)6;1-2-3(7-2)8(4,5)6;;/h3-12,15,18-19,27-28H,13-14H2,1-2H3,(H,29,30);3-12,21H,2,13-18H2,1H3;2-10,16,21H,11-12H2,1H3;2-3,5-6,9,17-18H,1H2,(H2,12,14,15)(H2,19,20,21);13H,1-2H2,(H,7,8)(H,9,10)(H,11,12);1H,(H3,6,7,8,9);2-3H,1H3,(H2,4,5,6);1H;/q;;;;;;;;+1/b12-11+;;;;;;;;/t18-,19-;;;3-,5-,6+,9-;;;2-,3+;;/m1..1..0../s1. The molecule has 9 atom stereocenters. The predicted octanol–water partition coefficient (Wildman–Crippen LogP) is 7.05. The number of aliphatic carboxylic acids is 4. The number of hydrogen-bond acceptors (Lipinski definition) is 25. The van der Waals surface area contributed by atoms with Crippen LogP contribution in [0.15, 0.2) is 187 Å². The van der Waals surface area contributed by atoms with Crippen LogP contribution in [0.2, 0.25) is 0 Å². The maximum Gasteiger partial charge on any atom is 1.00 e. The summed E-state index contributed by atoms with van der Waals surface area (Å²) < 4.78 is 121. The monoisotopic (exact) mass is 1940 g/mol. The smallest absolute Gasteiger partial charge is 0.486 e. The number of amides is 1. The summed E-state index contributed by atoms with van der Waals surface area (Å²) in [6.07, 6.45) is -6.55. The van der Waals surface area contributed by atoms with Crippen LogP contribution in [0.3, 0.4) is 0 Å². The number of ether oxygens (including phenoxy) is 3. The molecule has 7 heterocycles. The molecule has 0 bridgehead atoms. The minimum absolute atomic E-state index is 0. The van der Waals surface area contributed by atoms with Crippen LogP contribution in [0.25, 0.3) is 39.3 Å². The van der Waals surface area contributed by atoms with Gasteiger partial charge in [-0.1, -0.05) is 122 Å². The molecule has 3 fully saturated rings. The van der Waals surface area contributed by atoms with Gasteiger partial charge < -0.3 is 111 Å². The van der Waals surface area contributed by atoms with Crippen LogP contribution >= 0.6 is 27.8 Å². The molecule has 19 N–H and O–H groups in total. The van der Waals surface area contributed by atoms with E-state index < -0.39 is 143 Å². The predicted molar refractivity (Wildman–Crippen MR) is 473 cm³/mol. The van der Waals surface area contributed by atoms with Gasteiger partial charge in [-0.3, -0.25) is 37.8 Å². The number of nitrogens with one attached hydrogen (secondary N) is 2. The maximum atomic E-state index is 13.5. The Labute approximate surface area is 786 Å². The summed E-state index contributed by atoms with van der Waals surface area (Å²) >= 11 is 0. The number of phosphoric ester groups is 1. The molecule has 3 aliphatic heterocycles. The largest absolute Gasteiger partial charge is 1.00 e. The average Bonchev–Trinajstić information content (AvgIpc) is 1.61. The number of aliphatic hydroxyl groups is 5. The molecule has 0 aliphatic carbocycles. The first-order valence-corrected chi connectivity index (χ1v) is 43.7. The summed E-state index contributed by atoms with van der Waals surface area (Å²) in [5.41, 5.74) is 13.5. The number of carbonyl (C=O) groups is 5. The second-order valence-electron chi connectivity index (χ2n) is 30.1. The van der Waals surface area contributed by atoms with E-state index in [1.807, 2.05) is 96.7 Å². The number of carboxylic acids is 4. The number of nitrogens with zero attached hydrogens (tertiary/aromatic N) is 8. The van der Waals surface area contributed by atoms with Crippen LogP contribution < -0.4 is 61.7 Å². The van der Waals surface area contributed by atoms with Crippen molar-refractivity contribution in [2.75, 3.05) is 56.2 Å². The fourth-order valence-corrected chi connectivity index (χ4v) is 14.8. The topological polar surface area (TPSA) is 588 Å². The number of epoxide rings is 1. The van der Waals surface area contributed by atoms with E-state index in [2.05, 4.69) is 100 Å². The number of hydrogen-bond donors (Lipinski definition) is 17. The van der Waals surface area contributed by atoms with Gasteiger partial charge in [0, 0.05) is 78.8 Å². The summed E-state index contributed by atoms with van der Waals surface area (Å²) in [4.78, 5) is 118. The number of nitrogen functional groups attached to an aromatic ring is 2. The Bertz CT molecular complexity index is 5550. The number of likely N-dealkylation sites (tertiary alicyclic amines) is 1. The van der Waals surface area contributed by atoms with Crippen molar-refractivity contribution in [1.29, 1.82) is 0 Å². The van der Waals surface area contributed by atoms with Gasteiger partial charge in [-0.2, -0.15) is 32.5 Å². The minimum Gasteiger partial charge on any atom is -0.486 e. The number of H-pyrrole nitrogens is 1. The first kappa shape index (κ1) is 113. The molecular weight excluding hydrogens is 1840 g/mol. The summed E-state index contributed by atoms with van der Waals surface area (Å²) in [6.45, 7) is 11.0. The van der Waals surface area contributed by atoms with Crippen molar-refractivity contribution in [3.63, 3.8) is 0 Å². The van der Waals surface area contributed by atoms with E-state index in [1.54, 1.807) is 31.2 Å². The zero-order chi connectivity index (χ0) is 96.8. The van der Waals surface area contributed by atoms with Crippen LogP contribution in [0.4, 0.5) is 43.7 Å². The second-order valence-corrected chi connectivity index (χ2v) is 33.1. The number of aromatic amines is 1. The summed E-state index contributed by atoms with van der Waals surface area (Å²) in [6, 6.07) is 49.9. The number of imidazole rings is 1. The normalized spacial score (nSPS) is 17.2. The van der Waals surface area contributed by atoms with Gasteiger partial charge in [0.15, 0.2) is 40.5 Å². The Kier molecular flexibility index (Phi) is 45.1. The Hall–Kier alpha value is -10.4. The van der Waals surface area contributed by atoms with Gasteiger partial charge in [-0.15, -0.1) is 12.4 Å². The molecule has 3 aliphatic rings. The molecular formula is C86H105ClF6N12NaO25P2+. The van der Waals surface area contributed by atoms with E-state index in [4.69, 9.17) is 66.0 Å². The van der Waals surface area contributed by atoms with Crippen molar-refractivity contribution < 1.29 is 173 Å². The first-order valence-electron chi connectivity index (χ1n) is 40.5. The molecule has 0 radical (unpaired) electrons. The van der Waals surface area contributed by atoms with Crippen molar-refractivity contribution >= 4 is 103 Å². The summed E-state index contributed by atoms with van der Waals surface area (Å²) in [7, 11) is -6.83. The number of piperidine rings is 1. The van der Waals surface area contributed by atoms with Crippen LogP contribution in [0.1, 0.15) is 120 Å². The number of aromatic nitrogens is 7. The van der Waals surface area contributed by atoms with E-state index in [0.29, 0.717) is 18.2 Å². The summed E-state index contributed by atoms with van der Waals surface area (Å²) in [5, 5.41) is 86.8. The van der Waals surface area contributed by atoms with Crippen molar-refractivity contribution in [2.24, 2.45) is 0 Å². The number of phosphoric acid groups is 1. The van der Waals surface area contributed by atoms with Gasteiger partial charge in [-0.25, -0.2) is 27.9 Å². The van der Waals surface area contributed by atoms with E-state index in [0.717, 1.165) is 120 Å². The minimum atomic E-state index is -4.78. The average molecular weight is 1940 g/mol. The number of carboxylic acid groups (broad SMARTS) is 4. The van der Waals surface area contributed by atoms with Crippen LogP contribution in [-0.4, -0.2) is 228 Å². The molecule has 1 unspecified atom stereocenters. The fraction of sp³-hybridized carbons (Fsp3) is 0.372. The molecule has 6 aromatic carbocycles. The summed E-state index contributed by atoms with van der Waals surface area (Å²) in [5.74, 6) is -7.82. The first-order chi connectivity index (χ1) is 61.7. The number of rotatable bonds is 30. The molecule has 37 nitrogen and oxygen atoms in total. The number of anilines is 3. The van der Waals surface area contributed by atoms with Crippen molar-refractivity contribution in [1.82, 2.24) is 44.3 Å². The Morgan fingerprint density at radius 2 is 1.34 bits per heavy atom. The Morgan fingerprint density at radius 3 is 1.84 bits per heavy atom. The number of alkyl halides is 3. The molecule has 0 saturated carbocycles. The second kappa shape index (κ2) is 53.0. The third-order valence-electron chi connectivity index (χ3n) is 19.9. The van der Waals surface area contributed by atoms with E-state index in [-0.39, 0.29) is 101 Å². The number of halogens is 7. The molecule has 4 aromatic heterocycles. The fourth-order valence-electron chi connectivity index (χ4n) is 13.5. The number of para-hydroxylation sites is 2. The van der Waals surface area contributed by atoms with Crippen LogP contribution in [0.5, 0.6) is 5.75 Å². The van der Waals surface area contributed by atoms with Crippen LogP contribution in [0, 0.1) is 17.7 Å². The van der Waals surface area contributed by atoms with E-state index >= 15 is 0 Å². The number of fused-ring (bicyclic) bond motifs is 2. The van der Waals surface area contributed by atoms with Crippen LogP contribution in [-0.2, 0) is 59.7 Å². The Morgan fingerprint density at radius 1 is 0.767 bits per heavy atom. The van der Waals surface area contributed by atoms with Gasteiger partial charge in [0.1, 0.15) is 41.8 Å². The SMILES string of the molecule is CC(C)n1c(/C=C/[C@@H](O)C[C@@H](O)CC(=O)O)c(-c2ccc(F)cc2)c2ccccc21.CCC(=O)N(c1ccccc1)C1CCN(CCc2ccccc2)CC1.CNCCC(Oc1ccc(C(F)(F)F)cc1)c1ccccc1.C[C@@H]1O[C@@H]1P(=O)(O)O.Cl.Nc1[nH]c(=O)ncc1F.Nc1nc(F)nc2c1ncn2[C@@H]1O[C@H](COP(=O)(O)O)[C@@H](O)[C@@H]1O.O=C(O)CC(O)(CC(=O)O)C(=O)O.[Na+]. The number of carbonyl (C=O) groups excluding carboxylic acids is 1. The van der Waals surface area contributed by atoms with Gasteiger partial charge in [-0.05, 0) is 131 Å². The number of aliphatic hydroxyl groups excluding tert-OH is 4. The van der Waals surface area contributed by atoms with Gasteiger partial charge in [0.25, 0.3) is 0 Å². The van der Waals surface area contributed by atoms with Crippen molar-refractivity contribution in [3.05, 3.63) is 233 Å². The van der Waals surface area contributed by atoms with Gasteiger partial charge in [0.05, 0.1) is 62.3 Å². The molecule has 1 amide bonds. The molecule has 10 aromatic rings. The molecule has 0 spiro atoms. The molecule has 47 heteroatoms. The van der Waals surface area contributed by atoms with E-state index in [1.165, 1.54) is 29.8 Å². The third-order valence-corrected chi connectivity index (χ3v) is 21.6. The van der Waals surface area contributed by atoms with E-state index in [9.17, 15) is 84.7 Å². The number of nitrogens with two attached hydrogens (primary N) is 2. The van der Waals surface area contributed by atoms with Gasteiger partial charge in [0.2, 0.25) is 5.91 Å². The van der Waals surface area contributed by atoms with Gasteiger partial charge >= 0.3 is 86.8 Å².